The number of ether oxygens (including phenoxy) is 1. The first-order valence-corrected chi connectivity index (χ1v) is 9.62. The van der Waals surface area contributed by atoms with Crippen molar-refractivity contribution >= 4 is 11.7 Å². The number of aromatic nitrogens is 2. The third-order valence-corrected chi connectivity index (χ3v) is 5.09. The first-order valence-electron chi connectivity index (χ1n) is 9.62. The Labute approximate surface area is 172 Å². The summed E-state index contributed by atoms with van der Waals surface area (Å²) in [6, 6.07) is 23.1. The molecule has 0 atom stereocenters. The molecule has 1 aliphatic rings. The summed E-state index contributed by atoms with van der Waals surface area (Å²) in [6.45, 7) is 0.485. The molecule has 0 fully saturated rings. The van der Waals surface area contributed by atoms with Crippen molar-refractivity contribution in [2.45, 2.75) is 12.5 Å². The smallest absolute Gasteiger partial charge is 0.237 e. The minimum absolute atomic E-state index is 0.176. The Bertz CT molecular complexity index is 1170. The fraction of sp³-hybridized carbons (Fsp3) is 0.0833. The van der Waals surface area contributed by atoms with Crippen molar-refractivity contribution in [3.8, 4) is 11.5 Å². The summed E-state index contributed by atoms with van der Waals surface area (Å²) in [4.78, 5) is 13.2. The zero-order chi connectivity index (χ0) is 20.5. The fourth-order valence-electron chi connectivity index (χ4n) is 3.68. The highest BCUT2D eigenvalue weighted by atomic mass is 19.1. The van der Waals surface area contributed by atoms with E-state index in [0.717, 1.165) is 16.7 Å². The number of benzene rings is 3. The molecule has 1 N–H and O–H groups in total. The monoisotopic (exact) mass is 399 g/mol. The average Bonchev–Trinajstić information content (AvgIpc) is 3.20. The van der Waals surface area contributed by atoms with E-state index in [-0.39, 0.29) is 11.7 Å². The summed E-state index contributed by atoms with van der Waals surface area (Å²) in [5.74, 6) is 0.878. The molecule has 3 aromatic carbocycles. The van der Waals surface area contributed by atoms with E-state index in [1.807, 2.05) is 48.5 Å². The SMILES string of the molecule is O=C(Nc1ccn(Cc2ccc(F)cc2)n1)C1c2ccccc2Oc2ccccc21. The molecule has 0 radical (unpaired) electrons. The van der Waals surface area contributed by atoms with E-state index in [9.17, 15) is 9.18 Å². The van der Waals surface area contributed by atoms with Crippen LogP contribution in [0.5, 0.6) is 11.5 Å². The van der Waals surface area contributed by atoms with Crippen LogP contribution in [0.1, 0.15) is 22.6 Å². The van der Waals surface area contributed by atoms with Gasteiger partial charge >= 0.3 is 0 Å². The van der Waals surface area contributed by atoms with Crippen LogP contribution in [-0.2, 0) is 11.3 Å². The number of nitrogens with one attached hydrogen (secondary N) is 1. The summed E-state index contributed by atoms with van der Waals surface area (Å²) in [5, 5.41) is 7.36. The van der Waals surface area contributed by atoms with E-state index in [4.69, 9.17) is 4.74 Å². The zero-order valence-electron chi connectivity index (χ0n) is 16.0. The number of hydrogen-bond donors (Lipinski definition) is 1. The number of hydrogen-bond acceptors (Lipinski definition) is 3. The molecule has 0 bridgehead atoms. The van der Waals surface area contributed by atoms with Crippen LogP contribution >= 0.6 is 0 Å². The molecule has 0 aliphatic carbocycles. The number of anilines is 1. The molecular formula is C24H18FN3O2. The van der Waals surface area contributed by atoms with Crippen molar-refractivity contribution in [3.63, 3.8) is 0 Å². The lowest BCUT2D eigenvalue weighted by Gasteiger charge is -2.27. The van der Waals surface area contributed by atoms with E-state index in [1.165, 1.54) is 12.1 Å². The molecule has 5 nitrogen and oxygen atoms in total. The lowest BCUT2D eigenvalue weighted by molar-refractivity contribution is -0.116. The number of para-hydroxylation sites is 2. The minimum atomic E-state index is -0.492. The van der Waals surface area contributed by atoms with Crippen LogP contribution in [0.3, 0.4) is 0 Å². The summed E-state index contributed by atoms with van der Waals surface area (Å²) in [6.07, 6.45) is 1.78. The first-order chi connectivity index (χ1) is 14.7. The van der Waals surface area contributed by atoms with E-state index < -0.39 is 5.92 Å². The van der Waals surface area contributed by atoms with Crippen LogP contribution in [0.25, 0.3) is 0 Å². The highest BCUT2D eigenvalue weighted by molar-refractivity contribution is 5.98. The van der Waals surface area contributed by atoms with Crippen LogP contribution in [0.15, 0.2) is 85.1 Å². The summed E-state index contributed by atoms with van der Waals surface area (Å²) < 4.78 is 20.7. The Morgan fingerprint density at radius 2 is 1.57 bits per heavy atom. The highest BCUT2D eigenvalue weighted by Crippen LogP contribution is 2.44. The molecular weight excluding hydrogens is 381 g/mol. The summed E-state index contributed by atoms with van der Waals surface area (Å²) >= 11 is 0. The van der Waals surface area contributed by atoms with Gasteiger partial charge in [-0.25, -0.2) is 4.39 Å². The topological polar surface area (TPSA) is 56.2 Å². The van der Waals surface area contributed by atoms with Crippen molar-refractivity contribution in [2.24, 2.45) is 0 Å². The fourth-order valence-corrected chi connectivity index (χ4v) is 3.68. The van der Waals surface area contributed by atoms with Crippen LogP contribution in [0.2, 0.25) is 0 Å². The third-order valence-electron chi connectivity index (χ3n) is 5.09. The van der Waals surface area contributed by atoms with Crippen LogP contribution in [-0.4, -0.2) is 15.7 Å². The van der Waals surface area contributed by atoms with Crippen LogP contribution in [0.4, 0.5) is 10.2 Å². The molecule has 6 heteroatoms. The molecule has 5 rings (SSSR count). The maximum Gasteiger partial charge on any atom is 0.237 e. The lowest BCUT2D eigenvalue weighted by Crippen LogP contribution is -2.25. The van der Waals surface area contributed by atoms with Gasteiger partial charge in [-0.2, -0.15) is 5.10 Å². The number of carbonyl (C=O) groups excluding carboxylic acids is 1. The van der Waals surface area contributed by atoms with Gasteiger partial charge in [0.05, 0.1) is 12.5 Å². The highest BCUT2D eigenvalue weighted by Gasteiger charge is 2.32. The summed E-state index contributed by atoms with van der Waals surface area (Å²) in [7, 11) is 0. The van der Waals surface area contributed by atoms with Crippen molar-refractivity contribution in [1.29, 1.82) is 0 Å². The average molecular weight is 399 g/mol. The molecule has 148 valence electrons. The third kappa shape index (κ3) is 3.43. The quantitative estimate of drug-likeness (QED) is 0.528. The van der Waals surface area contributed by atoms with Gasteiger partial charge in [-0.1, -0.05) is 48.5 Å². The second-order valence-corrected chi connectivity index (χ2v) is 7.13. The Hall–Kier alpha value is -3.93. The standard InChI is InChI=1S/C24H18FN3O2/c25-17-11-9-16(10-12-17)15-28-14-13-22(27-28)26-24(29)23-18-5-1-3-7-20(18)30-21-8-4-2-6-19(21)23/h1-14,23H,15H2,(H,26,27,29). The second kappa shape index (κ2) is 7.48. The van der Waals surface area contributed by atoms with Crippen LogP contribution in [0, 0.1) is 5.82 Å². The lowest BCUT2D eigenvalue weighted by atomic mass is 9.87. The number of halogens is 1. The summed E-state index contributed by atoms with van der Waals surface area (Å²) in [5.41, 5.74) is 2.56. The zero-order valence-corrected chi connectivity index (χ0v) is 16.0. The van der Waals surface area contributed by atoms with E-state index >= 15 is 0 Å². The molecule has 0 spiro atoms. The molecule has 0 saturated carbocycles. The maximum absolute atomic E-state index is 13.2. The Morgan fingerprint density at radius 1 is 0.933 bits per heavy atom. The van der Waals surface area contributed by atoms with Crippen molar-refractivity contribution < 1.29 is 13.9 Å². The van der Waals surface area contributed by atoms with Crippen molar-refractivity contribution in [1.82, 2.24) is 9.78 Å². The molecule has 1 aliphatic heterocycles. The maximum atomic E-state index is 13.2. The van der Waals surface area contributed by atoms with Gasteiger partial charge in [0.15, 0.2) is 5.82 Å². The van der Waals surface area contributed by atoms with Crippen LogP contribution < -0.4 is 10.1 Å². The van der Waals surface area contributed by atoms with Gasteiger partial charge in [-0.15, -0.1) is 0 Å². The van der Waals surface area contributed by atoms with Gasteiger partial charge in [-0.05, 0) is 29.8 Å². The molecule has 0 unspecified atom stereocenters. The number of amides is 1. The van der Waals surface area contributed by atoms with Gasteiger partial charge in [0.25, 0.3) is 0 Å². The Morgan fingerprint density at radius 3 is 2.23 bits per heavy atom. The van der Waals surface area contributed by atoms with E-state index in [2.05, 4.69) is 10.4 Å². The van der Waals surface area contributed by atoms with Crippen molar-refractivity contribution in [2.75, 3.05) is 5.32 Å². The van der Waals surface area contributed by atoms with Crippen molar-refractivity contribution in [3.05, 3.63) is 108 Å². The molecule has 1 aromatic heterocycles. The number of carbonyl (C=O) groups is 1. The van der Waals surface area contributed by atoms with E-state index in [0.29, 0.717) is 23.9 Å². The van der Waals surface area contributed by atoms with Gasteiger partial charge in [0, 0.05) is 23.4 Å². The van der Waals surface area contributed by atoms with Gasteiger partial charge < -0.3 is 10.1 Å². The van der Waals surface area contributed by atoms with Gasteiger partial charge in [-0.3, -0.25) is 9.48 Å². The second-order valence-electron chi connectivity index (χ2n) is 7.13. The number of nitrogens with zero attached hydrogens (tertiary/aromatic N) is 2. The minimum Gasteiger partial charge on any atom is -0.457 e. The molecule has 1 amide bonds. The Kier molecular flexibility index (Phi) is 4.52. The number of fused-ring (bicyclic) bond motifs is 2. The largest absolute Gasteiger partial charge is 0.457 e. The van der Waals surface area contributed by atoms with Gasteiger partial charge in [0.2, 0.25) is 5.91 Å². The molecule has 0 saturated heterocycles. The van der Waals surface area contributed by atoms with E-state index in [1.54, 1.807) is 29.1 Å². The first kappa shape index (κ1) is 18.1. The predicted octanol–water partition coefficient (Wildman–Crippen LogP) is 4.95. The molecule has 4 aromatic rings. The normalized spacial score (nSPS) is 12.6. The Balaban J connectivity index is 1.39. The number of rotatable bonds is 4. The predicted molar refractivity (Wildman–Crippen MR) is 111 cm³/mol. The molecule has 2 heterocycles. The molecule has 30 heavy (non-hydrogen) atoms. The van der Waals surface area contributed by atoms with Gasteiger partial charge in [0.1, 0.15) is 17.3 Å².